The molecule has 29 heavy (non-hydrogen) atoms. The first-order valence-corrected chi connectivity index (χ1v) is 8.99. The van der Waals surface area contributed by atoms with Crippen LogP contribution in [0.5, 0.6) is 0 Å². The van der Waals surface area contributed by atoms with Crippen LogP contribution in [0.2, 0.25) is 0 Å². The molecule has 0 aliphatic heterocycles. The standard InChI is InChI=1S/C22H18N4O3/c1-25-19-17(21(28)26(2)22(25)29)12-13-18(24-19)20(27)23-16-10-8-15(9-11-16)14-6-4-3-5-7-14/h3-13H,1-2H3,(H,23,27). The Kier molecular flexibility index (Phi) is 4.56. The summed E-state index contributed by atoms with van der Waals surface area (Å²) < 4.78 is 2.26. The number of nitrogens with zero attached hydrogens (tertiary/aromatic N) is 3. The lowest BCUT2D eigenvalue weighted by molar-refractivity contribution is 0.102. The number of anilines is 1. The van der Waals surface area contributed by atoms with Crippen molar-refractivity contribution in [2.24, 2.45) is 14.1 Å². The van der Waals surface area contributed by atoms with Gasteiger partial charge in [-0.2, -0.15) is 0 Å². The van der Waals surface area contributed by atoms with Crippen LogP contribution in [-0.4, -0.2) is 20.0 Å². The third-order valence-corrected chi connectivity index (χ3v) is 4.78. The maximum atomic E-state index is 12.6. The highest BCUT2D eigenvalue weighted by molar-refractivity contribution is 6.03. The summed E-state index contributed by atoms with van der Waals surface area (Å²) in [6.45, 7) is 0. The molecule has 0 atom stereocenters. The Hall–Kier alpha value is -4.00. The van der Waals surface area contributed by atoms with Crippen molar-refractivity contribution in [3.05, 3.63) is 93.3 Å². The van der Waals surface area contributed by atoms with Gasteiger partial charge in [0.2, 0.25) is 0 Å². The molecule has 2 aromatic heterocycles. The van der Waals surface area contributed by atoms with Crippen molar-refractivity contribution in [2.75, 3.05) is 5.32 Å². The van der Waals surface area contributed by atoms with Gasteiger partial charge in [-0.3, -0.25) is 18.7 Å². The first-order valence-electron chi connectivity index (χ1n) is 8.99. The van der Waals surface area contributed by atoms with E-state index in [9.17, 15) is 14.4 Å². The Morgan fingerprint density at radius 3 is 2.17 bits per heavy atom. The number of fused-ring (bicyclic) bond motifs is 1. The SMILES string of the molecule is Cn1c(=O)c2ccc(C(=O)Nc3ccc(-c4ccccc4)cc3)nc2n(C)c1=O. The molecule has 4 rings (SSSR count). The number of rotatable bonds is 3. The predicted molar refractivity (Wildman–Crippen MR) is 112 cm³/mol. The molecule has 1 N–H and O–H groups in total. The minimum Gasteiger partial charge on any atom is -0.321 e. The Bertz CT molecular complexity index is 1340. The number of nitrogens with one attached hydrogen (secondary N) is 1. The highest BCUT2D eigenvalue weighted by atomic mass is 16.2. The van der Waals surface area contributed by atoms with E-state index >= 15 is 0 Å². The summed E-state index contributed by atoms with van der Waals surface area (Å²) in [7, 11) is 2.92. The molecular formula is C22H18N4O3. The van der Waals surface area contributed by atoms with E-state index in [0.29, 0.717) is 5.69 Å². The minimum atomic E-state index is -0.496. The average molecular weight is 386 g/mol. The van der Waals surface area contributed by atoms with E-state index in [0.717, 1.165) is 15.7 Å². The molecule has 0 saturated carbocycles. The van der Waals surface area contributed by atoms with Gasteiger partial charge in [-0.15, -0.1) is 0 Å². The van der Waals surface area contributed by atoms with Gasteiger partial charge >= 0.3 is 5.69 Å². The van der Waals surface area contributed by atoms with Crippen LogP contribution in [0.1, 0.15) is 10.5 Å². The lowest BCUT2D eigenvalue weighted by atomic mass is 10.1. The van der Waals surface area contributed by atoms with Crippen molar-refractivity contribution >= 4 is 22.6 Å². The van der Waals surface area contributed by atoms with Gasteiger partial charge in [-0.05, 0) is 35.4 Å². The van der Waals surface area contributed by atoms with Gasteiger partial charge in [0.25, 0.3) is 11.5 Å². The normalized spacial score (nSPS) is 10.8. The molecule has 7 heteroatoms. The number of aromatic nitrogens is 3. The first-order chi connectivity index (χ1) is 14.0. The lowest BCUT2D eigenvalue weighted by Gasteiger charge is -2.09. The highest BCUT2D eigenvalue weighted by Crippen LogP contribution is 2.21. The molecule has 0 aliphatic rings. The average Bonchev–Trinajstić information content (AvgIpc) is 2.77. The maximum Gasteiger partial charge on any atom is 0.332 e. The van der Waals surface area contributed by atoms with Crippen LogP contribution in [0, 0.1) is 0 Å². The van der Waals surface area contributed by atoms with Crippen molar-refractivity contribution < 1.29 is 4.79 Å². The monoisotopic (exact) mass is 386 g/mol. The molecule has 4 aromatic rings. The van der Waals surface area contributed by atoms with E-state index in [4.69, 9.17) is 0 Å². The van der Waals surface area contributed by atoms with Crippen molar-refractivity contribution in [3.8, 4) is 11.1 Å². The molecule has 144 valence electrons. The highest BCUT2D eigenvalue weighted by Gasteiger charge is 2.14. The van der Waals surface area contributed by atoms with Crippen LogP contribution in [0.25, 0.3) is 22.2 Å². The molecular weight excluding hydrogens is 368 g/mol. The molecule has 0 spiro atoms. The predicted octanol–water partition coefficient (Wildman–Crippen LogP) is 2.55. The quantitative estimate of drug-likeness (QED) is 0.586. The smallest absolute Gasteiger partial charge is 0.321 e. The summed E-state index contributed by atoms with van der Waals surface area (Å²) in [5, 5.41) is 3.07. The topological polar surface area (TPSA) is 86.0 Å². The van der Waals surface area contributed by atoms with E-state index in [1.165, 1.54) is 30.8 Å². The van der Waals surface area contributed by atoms with Crippen LogP contribution in [-0.2, 0) is 14.1 Å². The Morgan fingerprint density at radius 2 is 1.48 bits per heavy atom. The Balaban J connectivity index is 1.63. The van der Waals surface area contributed by atoms with Crippen LogP contribution in [0.3, 0.4) is 0 Å². The zero-order valence-corrected chi connectivity index (χ0v) is 15.9. The van der Waals surface area contributed by atoms with Crippen LogP contribution in [0.4, 0.5) is 5.69 Å². The summed E-state index contributed by atoms with van der Waals surface area (Å²) in [4.78, 5) is 41.2. The Labute approximate surface area is 165 Å². The number of hydrogen-bond donors (Lipinski definition) is 1. The molecule has 0 unspecified atom stereocenters. The molecule has 0 radical (unpaired) electrons. The van der Waals surface area contributed by atoms with Gasteiger partial charge in [0, 0.05) is 19.8 Å². The van der Waals surface area contributed by atoms with Gasteiger partial charge in [-0.1, -0.05) is 42.5 Å². The molecule has 0 fully saturated rings. The Morgan fingerprint density at radius 1 is 0.828 bits per heavy atom. The van der Waals surface area contributed by atoms with Gasteiger partial charge in [0.05, 0.1) is 5.39 Å². The van der Waals surface area contributed by atoms with Crippen LogP contribution >= 0.6 is 0 Å². The summed E-state index contributed by atoms with van der Waals surface area (Å²) in [5.41, 5.74) is 2.10. The molecule has 0 saturated heterocycles. The fourth-order valence-electron chi connectivity index (χ4n) is 3.15. The van der Waals surface area contributed by atoms with Crippen molar-refractivity contribution in [1.82, 2.24) is 14.1 Å². The van der Waals surface area contributed by atoms with E-state index in [-0.39, 0.29) is 16.7 Å². The molecule has 1 amide bonds. The van der Waals surface area contributed by atoms with E-state index < -0.39 is 17.2 Å². The summed E-state index contributed by atoms with van der Waals surface area (Å²) in [6, 6.07) is 20.4. The van der Waals surface area contributed by atoms with Crippen molar-refractivity contribution in [2.45, 2.75) is 0 Å². The largest absolute Gasteiger partial charge is 0.332 e. The molecule has 0 bridgehead atoms. The minimum absolute atomic E-state index is 0.118. The van der Waals surface area contributed by atoms with Gasteiger partial charge in [-0.25, -0.2) is 9.78 Å². The summed E-state index contributed by atoms with van der Waals surface area (Å²) in [6.07, 6.45) is 0. The number of aryl methyl sites for hydroxylation is 1. The second-order valence-electron chi connectivity index (χ2n) is 6.67. The third kappa shape index (κ3) is 3.34. The van der Waals surface area contributed by atoms with Gasteiger partial charge in [0.15, 0.2) is 0 Å². The zero-order valence-electron chi connectivity index (χ0n) is 15.9. The van der Waals surface area contributed by atoms with Crippen molar-refractivity contribution in [1.29, 1.82) is 0 Å². The van der Waals surface area contributed by atoms with Crippen molar-refractivity contribution in [3.63, 3.8) is 0 Å². The lowest BCUT2D eigenvalue weighted by Crippen LogP contribution is -2.37. The van der Waals surface area contributed by atoms with Gasteiger partial charge in [0.1, 0.15) is 11.3 Å². The van der Waals surface area contributed by atoms with E-state index in [1.54, 1.807) is 0 Å². The van der Waals surface area contributed by atoms with Crippen LogP contribution in [0.15, 0.2) is 76.3 Å². The summed E-state index contributed by atoms with van der Waals surface area (Å²) >= 11 is 0. The number of hydrogen-bond acceptors (Lipinski definition) is 4. The van der Waals surface area contributed by atoms with Crippen LogP contribution < -0.4 is 16.6 Å². The second-order valence-corrected chi connectivity index (χ2v) is 6.67. The molecule has 0 aliphatic carbocycles. The van der Waals surface area contributed by atoms with E-state index in [2.05, 4.69) is 10.3 Å². The first kappa shape index (κ1) is 18.4. The maximum absolute atomic E-state index is 12.6. The zero-order chi connectivity index (χ0) is 20.5. The molecule has 2 aromatic carbocycles. The fraction of sp³-hybridized carbons (Fsp3) is 0.0909. The number of benzene rings is 2. The summed E-state index contributed by atoms with van der Waals surface area (Å²) in [5.74, 6) is -0.424. The number of carbonyl (C=O) groups is 1. The fourth-order valence-corrected chi connectivity index (χ4v) is 3.15. The number of carbonyl (C=O) groups excluding carboxylic acids is 1. The number of amides is 1. The second kappa shape index (κ2) is 7.20. The molecule has 2 heterocycles. The van der Waals surface area contributed by atoms with Gasteiger partial charge < -0.3 is 5.32 Å². The third-order valence-electron chi connectivity index (χ3n) is 4.78. The number of pyridine rings is 1. The van der Waals surface area contributed by atoms with E-state index in [1.807, 2.05) is 54.6 Å². The molecule has 7 nitrogen and oxygen atoms in total.